The normalized spacial score (nSPS) is 10.9. The van der Waals surface area contributed by atoms with E-state index in [4.69, 9.17) is 25.4 Å². The largest absolute Gasteiger partial charge is 0.495 e. The van der Waals surface area contributed by atoms with Gasteiger partial charge in [0.25, 0.3) is 5.91 Å². The van der Waals surface area contributed by atoms with Crippen molar-refractivity contribution in [3.8, 4) is 17.2 Å². The van der Waals surface area contributed by atoms with Crippen LogP contribution in [-0.2, 0) is 4.79 Å². The van der Waals surface area contributed by atoms with Gasteiger partial charge in [0.15, 0.2) is 0 Å². The second-order valence-electron chi connectivity index (χ2n) is 7.82. The molecule has 37 heavy (non-hydrogen) atoms. The van der Waals surface area contributed by atoms with Crippen LogP contribution in [0.5, 0.6) is 17.2 Å². The summed E-state index contributed by atoms with van der Waals surface area (Å²) in [5.74, 6) is 1.18. The van der Waals surface area contributed by atoms with Crippen molar-refractivity contribution in [3.05, 3.63) is 103 Å². The first-order valence-electron chi connectivity index (χ1n) is 11.5. The fourth-order valence-electron chi connectivity index (χ4n) is 3.40. The third kappa shape index (κ3) is 7.53. The van der Waals surface area contributed by atoms with Gasteiger partial charge in [0, 0.05) is 17.3 Å². The lowest BCUT2D eigenvalue weighted by Crippen LogP contribution is -2.37. The molecule has 1 amide bonds. The molecule has 9 nitrogen and oxygen atoms in total. The Morgan fingerprint density at radius 1 is 1.00 bits per heavy atom. The molecular formula is C28H31N5O4. The number of carbonyl (C=O) groups excluding carboxylic acids is 1. The number of amidine groups is 1. The van der Waals surface area contributed by atoms with Gasteiger partial charge in [-0.05, 0) is 54.1 Å². The monoisotopic (exact) mass is 501 g/mol. The van der Waals surface area contributed by atoms with Gasteiger partial charge >= 0.3 is 0 Å². The predicted octanol–water partition coefficient (Wildman–Crippen LogP) is 4.41. The first-order valence-corrected chi connectivity index (χ1v) is 11.5. The average molecular weight is 502 g/mol. The molecule has 0 heterocycles. The van der Waals surface area contributed by atoms with Crippen molar-refractivity contribution in [1.29, 1.82) is 5.41 Å². The number of carbonyl (C=O) groups is 1. The van der Waals surface area contributed by atoms with Gasteiger partial charge in [-0.1, -0.05) is 37.4 Å². The van der Waals surface area contributed by atoms with Crippen molar-refractivity contribution in [2.75, 3.05) is 31.1 Å². The number of rotatable bonds is 14. The van der Waals surface area contributed by atoms with E-state index < -0.39 is 6.04 Å². The quantitative estimate of drug-likeness (QED) is 0.0957. The molecular weight excluding hydrogens is 470 g/mol. The minimum absolute atomic E-state index is 0.0436. The first kappa shape index (κ1) is 26.7. The van der Waals surface area contributed by atoms with E-state index in [2.05, 4.69) is 29.3 Å². The zero-order valence-electron chi connectivity index (χ0n) is 20.6. The highest BCUT2D eigenvalue weighted by molar-refractivity contribution is 5.95. The number of nitrogen functional groups attached to an aromatic ring is 1. The van der Waals surface area contributed by atoms with Crippen LogP contribution in [0, 0.1) is 5.41 Å². The fourth-order valence-corrected chi connectivity index (χ4v) is 3.40. The minimum atomic E-state index is -0.858. The number of hydrazine groups is 1. The van der Waals surface area contributed by atoms with Gasteiger partial charge < -0.3 is 25.3 Å². The number of nitrogens with one attached hydrogen (secondary N) is 4. The molecule has 3 aromatic carbocycles. The predicted molar refractivity (Wildman–Crippen MR) is 146 cm³/mol. The summed E-state index contributed by atoms with van der Waals surface area (Å²) in [4.78, 5) is 13.5. The third-order valence-electron chi connectivity index (χ3n) is 5.17. The molecule has 3 rings (SSSR count). The van der Waals surface area contributed by atoms with Crippen molar-refractivity contribution in [2.24, 2.45) is 5.73 Å². The van der Waals surface area contributed by atoms with E-state index in [1.54, 1.807) is 73.9 Å². The molecule has 0 spiro atoms. The highest BCUT2D eigenvalue weighted by atomic mass is 16.5. The smallest absolute Gasteiger partial charge is 0.265 e. The number of methoxy groups -OCH3 is 1. The maximum Gasteiger partial charge on any atom is 0.265 e. The van der Waals surface area contributed by atoms with E-state index in [0.717, 1.165) is 0 Å². The summed E-state index contributed by atoms with van der Waals surface area (Å²) in [6.45, 7) is 7.95. The molecule has 192 valence electrons. The van der Waals surface area contributed by atoms with Crippen LogP contribution in [0.15, 0.2) is 92.0 Å². The van der Waals surface area contributed by atoms with Gasteiger partial charge in [-0.15, -0.1) is 0 Å². The SMILES string of the molecule is C=CCOc1cc(OCC=C)cc(C(Nc2ccc(C(=N)N)cc2)C(=O)NNc2ccccc2OC)c1. The van der Waals surface area contributed by atoms with Crippen LogP contribution in [0.25, 0.3) is 0 Å². The molecule has 0 aromatic heterocycles. The summed E-state index contributed by atoms with van der Waals surface area (Å²) < 4.78 is 16.8. The lowest BCUT2D eigenvalue weighted by atomic mass is 10.0. The summed E-state index contributed by atoms with van der Waals surface area (Å²) in [6, 6.07) is 18.5. The van der Waals surface area contributed by atoms with Gasteiger partial charge in [-0.25, -0.2) is 0 Å². The molecule has 9 heteroatoms. The number of benzene rings is 3. The second kappa shape index (κ2) is 13.2. The Labute approximate surface area is 216 Å². The van der Waals surface area contributed by atoms with Crippen LogP contribution in [0.1, 0.15) is 17.2 Å². The third-order valence-corrected chi connectivity index (χ3v) is 5.17. The maximum atomic E-state index is 13.5. The number of para-hydroxylation sites is 2. The topological polar surface area (TPSA) is 131 Å². The van der Waals surface area contributed by atoms with Gasteiger partial charge in [0.05, 0.1) is 12.8 Å². The van der Waals surface area contributed by atoms with Crippen molar-refractivity contribution in [3.63, 3.8) is 0 Å². The van der Waals surface area contributed by atoms with Crippen molar-refractivity contribution >= 4 is 23.1 Å². The van der Waals surface area contributed by atoms with E-state index in [1.807, 2.05) is 12.1 Å². The first-order chi connectivity index (χ1) is 17.9. The standard InChI is InChI=1S/C28H31N5O4/c1-4-14-36-22-16-20(17-23(18-22)37-15-5-2)26(31-21-12-10-19(11-13-21)27(29)30)28(34)33-32-24-8-6-7-9-25(24)35-3/h4-13,16-18,26,31-32H,1-2,14-15H2,3H3,(H3,29,30)(H,33,34). The zero-order chi connectivity index (χ0) is 26.6. The number of anilines is 2. The number of amides is 1. The molecule has 0 saturated heterocycles. The van der Waals surface area contributed by atoms with Crippen LogP contribution in [0.2, 0.25) is 0 Å². The Morgan fingerprint density at radius 2 is 1.62 bits per heavy atom. The van der Waals surface area contributed by atoms with E-state index >= 15 is 0 Å². The Balaban J connectivity index is 1.95. The molecule has 0 aliphatic carbocycles. The van der Waals surface area contributed by atoms with Crippen molar-refractivity contribution in [2.45, 2.75) is 6.04 Å². The lowest BCUT2D eigenvalue weighted by molar-refractivity contribution is -0.121. The lowest BCUT2D eigenvalue weighted by Gasteiger charge is -2.22. The number of nitrogens with two attached hydrogens (primary N) is 1. The molecule has 0 aliphatic rings. The van der Waals surface area contributed by atoms with Gasteiger partial charge in [-0.2, -0.15) is 0 Å². The van der Waals surface area contributed by atoms with Crippen LogP contribution >= 0.6 is 0 Å². The summed E-state index contributed by atoms with van der Waals surface area (Å²) in [5, 5.41) is 10.9. The molecule has 0 aliphatic heterocycles. The molecule has 0 bridgehead atoms. The van der Waals surface area contributed by atoms with E-state index in [-0.39, 0.29) is 25.0 Å². The van der Waals surface area contributed by atoms with E-state index in [9.17, 15) is 4.79 Å². The van der Waals surface area contributed by atoms with Gasteiger partial charge in [0.2, 0.25) is 0 Å². The van der Waals surface area contributed by atoms with Crippen LogP contribution < -0.4 is 36.1 Å². The van der Waals surface area contributed by atoms with E-state index in [1.165, 1.54) is 0 Å². The number of ether oxygens (including phenoxy) is 3. The Kier molecular flexibility index (Phi) is 9.55. The highest BCUT2D eigenvalue weighted by Gasteiger charge is 2.23. The Bertz CT molecular complexity index is 1210. The summed E-state index contributed by atoms with van der Waals surface area (Å²) in [6.07, 6.45) is 3.26. The van der Waals surface area contributed by atoms with Crippen LogP contribution in [0.3, 0.4) is 0 Å². The summed E-state index contributed by atoms with van der Waals surface area (Å²) >= 11 is 0. The Hall–Kier alpha value is -4.92. The molecule has 1 unspecified atom stereocenters. The van der Waals surface area contributed by atoms with Crippen molar-refractivity contribution < 1.29 is 19.0 Å². The minimum Gasteiger partial charge on any atom is -0.495 e. The molecule has 1 atom stereocenters. The molecule has 3 aromatic rings. The molecule has 0 radical (unpaired) electrons. The van der Waals surface area contributed by atoms with Crippen molar-refractivity contribution in [1.82, 2.24) is 5.43 Å². The van der Waals surface area contributed by atoms with Gasteiger partial charge in [0.1, 0.15) is 42.3 Å². The Morgan fingerprint density at radius 3 is 2.19 bits per heavy atom. The molecule has 0 fully saturated rings. The second-order valence-corrected chi connectivity index (χ2v) is 7.82. The van der Waals surface area contributed by atoms with Gasteiger partial charge in [-0.3, -0.25) is 21.1 Å². The molecule has 6 N–H and O–H groups in total. The highest BCUT2D eigenvalue weighted by Crippen LogP contribution is 2.30. The zero-order valence-corrected chi connectivity index (χ0v) is 20.6. The van der Waals surface area contributed by atoms with Crippen LogP contribution in [-0.4, -0.2) is 32.1 Å². The summed E-state index contributed by atoms with van der Waals surface area (Å²) in [5.41, 5.74) is 13.7. The molecule has 0 saturated carbocycles. The number of hydrogen-bond acceptors (Lipinski definition) is 7. The average Bonchev–Trinajstić information content (AvgIpc) is 2.92. The fraction of sp³-hybridized carbons (Fsp3) is 0.143. The number of hydrogen-bond donors (Lipinski definition) is 5. The van der Waals surface area contributed by atoms with E-state index in [0.29, 0.717) is 39.8 Å². The maximum absolute atomic E-state index is 13.5. The summed E-state index contributed by atoms with van der Waals surface area (Å²) in [7, 11) is 1.55. The van der Waals surface area contributed by atoms with Crippen LogP contribution in [0.4, 0.5) is 11.4 Å².